The van der Waals surface area contributed by atoms with Gasteiger partial charge in [0.05, 0.1) is 5.92 Å². The second kappa shape index (κ2) is 18.9. The van der Waals surface area contributed by atoms with Gasteiger partial charge in [0.15, 0.2) is 0 Å². The highest BCUT2D eigenvalue weighted by atomic mass is 16.4. The first kappa shape index (κ1) is 30.9. The van der Waals surface area contributed by atoms with E-state index in [2.05, 4.69) is 11.9 Å². The number of phenols is 1. The van der Waals surface area contributed by atoms with E-state index in [0.29, 0.717) is 6.42 Å². The van der Waals surface area contributed by atoms with Gasteiger partial charge in [-0.2, -0.15) is 0 Å². The fourth-order valence-electron chi connectivity index (χ4n) is 5.27. The summed E-state index contributed by atoms with van der Waals surface area (Å²) in [5.74, 6) is -1.49. The number of aromatic nitrogens is 1. The van der Waals surface area contributed by atoms with Crippen molar-refractivity contribution >= 4 is 22.7 Å². The summed E-state index contributed by atoms with van der Waals surface area (Å²) in [5.41, 5.74) is 1.68. The number of hydrogen-bond donors (Lipinski definition) is 3. The highest BCUT2D eigenvalue weighted by Crippen LogP contribution is 2.26. The summed E-state index contributed by atoms with van der Waals surface area (Å²) in [6, 6.07) is 5.01. The smallest absolute Gasteiger partial charge is 0.307 e. The Morgan fingerprint density at radius 1 is 0.784 bits per heavy atom. The third-order valence-electron chi connectivity index (χ3n) is 7.60. The molecule has 1 aromatic carbocycles. The Balaban J connectivity index is 1.47. The molecule has 1 atom stereocenters. The maximum atomic E-state index is 12.5. The number of carbonyl (C=O) groups is 2. The van der Waals surface area contributed by atoms with Crippen LogP contribution < -0.4 is 0 Å². The molecular formula is C32H51NO4. The first-order chi connectivity index (χ1) is 18.0. The Bertz CT molecular complexity index is 903. The van der Waals surface area contributed by atoms with Crippen LogP contribution in [0.1, 0.15) is 134 Å². The standard InChI is InChI=1S/C32H51NO4/c1-2-3-4-5-6-7-8-9-10-11-12-13-14-15-16-17-18-19-28(34)23-26(32(36)37)22-27-25-33-31-21-20-29(35)24-30(27)31/h20-21,24-26,33,35H,2-19,22-23H2,1H3,(H,36,37). The number of aromatic amines is 1. The molecule has 0 aliphatic carbocycles. The summed E-state index contributed by atoms with van der Waals surface area (Å²) in [6.07, 6.45) is 24.8. The SMILES string of the molecule is CCCCCCCCCCCCCCCCCCCC(=O)CC(Cc1c[nH]c2ccc(O)cc12)C(=O)O. The van der Waals surface area contributed by atoms with Gasteiger partial charge in [-0.3, -0.25) is 9.59 Å². The minimum atomic E-state index is -0.940. The Hall–Kier alpha value is -2.30. The molecule has 0 fully saturated rings. The average Bonchev–Trinajstić information content (AvgIpc) is 3.27. The van der Waals surface area contributed by atoms with E-state index in [1.54, 1.807) is 24.4 Å². The zero-order chi connectivity index (χ0) is 26.7. The van der Waals surface area contributed by atoms with E-state index < -0.39 is 11.9 Å². The van der Waals surface area contributed by atoms with Crippen LogP contribution in [0.5, 0.6) is 5.75 Å². The summed E-state index contributed by atoms with van der Waals surface area (Å²) in [7, 11) is 0. The highest BCUT2D eigenvalue weighted by Gasteiger charge is 2.23. The third-order valence-corrected chi connectivity index (χ3v) is 7.60. The molecule has 5 heteroatoms. The number of Topliss-reactive ketones (excluding diaryl/α,β-unsaturated/α-hetero) is 1. The Kier molecular flexibility index (Phi) is 15.8. The molecule has 0 saturated carbocycles. The predicted molar refractivity (Wildman–Crippen MR) is 153 cm³/mol. The number of carboxylic acid groups (broad SMARTS) is 1. The summed E-state index contributed by atoms with van der Waals surface area (Å²) < 4.78 is 0. The first-order valence-corrected chi connectivity index (χ1v) is 15.0. The van der Waals surface area contributed by atoms with Crippen LogP contribution in [0.4, 0.5) is 0 Å². The Morgan fingerprint density at radius 3 is 1.81 bits per heavy atom. The van der Waals surface area contributed by atoms with Gasteiger partial charge in [-0.25, -0.2) is 0 Å². The summed E-state index contributed by atoms with van der Waals surface area (Å²) in [5, 5.41) is 20.2. The van der Waals surface area contributed by atoms with Gasteiger partial charge in [-0.1, -0.05) is 110 Å². The Labute approximate surface area is 224 Å². The molecule has 2 rings (SSSR count). The van der Waals surface area contributed by atoms with Gasteiger partial charge in [-0.15, -0.1) is 0 Å². The van der Waals surface area contributed by atoms with Crippen LogP contribution in [0.15, 0.2) is 24.4 Å². The molecule has 208 valence electrons. The Morgan fingerprint density at radius 2 is 1.30 bits per heavy atom. The van der Waals surface area contributed by atoms with Crippen LogP contribution in [0.2, 0.25) is 0 Å². The molecule has 0 bridgehead atoms. The van der Waals surface area contributed by atoms with E-state index in [4.69, 9.17) is 0 Å². The van der Waals surface area contributed by atoms with Crippen molar-refractivity contribution in [2.45, 2.75) is 135 Å². The third kappa shape index (κ3) is 13.2. The number of H-pyrrole nitrogens is 1. The van der Waals surface area contributed by atoms with Crippen molar-refractivity contribution in [3.05, 3.63) is 30.0 Å². The lowest BCUT2D eigenvalue weighted by atomic mass is 9.92. The van der Waals surface area contributed by atoms with Crippen LogP contribution in [0, 0.1) is 5.92 Å². The van der Waals surface area contributed by atoms with Crippen LogP contribution in [0.25, 0.3) is 10.9 Å². The van der Waals surface area contributed by atoms with Gasteiger partial charge < -0.3 is 15.2 Å². The number of aliphatic carboxylic acids is 1. The molecule has 0 spiro atoms. The van der Waals surface area contributed by atoms with Crippen LogP contribution >= 0.6 is 0 Å². The molecule has 0 aliphatic heterocycles. The average molecular weight is 514 g/mol. The number of fused-ring (bicyclic) bond motifs is 1. The summed E-state index contributed by atoms with van der Waals surface area (Å²) >= 11 is 0. The molecule has 3 N–H and O–H groups in total. The van der Waals surface area contributed by atoms with Gasteiger partial charge in [0.2, 0.25) is 0 Å². The van der Waals surface area contributed by atoms with Gasteiger partial charge in [0, 0.05) is 29.9 Å². The number of ketones is 1. The van der Waals surface area contributed by atoms with Crippen molar-refractivity contribution in [3.63, 3.8) is 0 Å². The van der Waals surface area contributed by atoms with Crippen molar-refractivity contribution in [3.8, 4) is 5.75 Å². The zero-order valence-corrected chi connectivity index (χ0v) is 23.2. The predicted octanol–water partition coefficient (Wildman–Crippen LogP) is 9.12. The molecule has 2 aromatic rings. The topological polar surface area (TPSA) is 90.4 Å². The number of unbranched alkanes of at least 4 members (excludes halogenated alkanes) is 16. The summed E-state index contributed by atoms with van der Waals surface area (Å²) in [6.45, 7) is 2.27. The fourth-order valence-corrected chi connectivity index (χ4v) is 5.27. The lowest BCUT2D eigenvalue weighted by molar-refractivity contribution is -0.143. The van der Waals surface area contributed by atoms with Crippen molar-refractivity contribution in [2.24, 2.45) is 5.92 Å². The van der Waals surface area contributed by atoms with Crippen molar-refractivity contribution in [1.29, 1.82) is 0 Å². The van der Waals surface area contributed by atoms with Gasteiger partial charge in [0.1, 0.15) is 11.5 Å². The van der Waals surface area contributed by atoms with Crippen LogP contribution in [0.3, 0.4) is 0 Å². The quantitative estimate of drug-likeness (QED) is 0.129. The molecule has 37 heavy (non-hydrogen) atoms. The van der Waals surface area contributed by atoms with Gasteiger partial charge in [0.25, 0.3) is 0 Å². The molecule has 0 aliphatic rings. The maximum absolute atomic E-state index is 12.5. The van der Waals surface area contributed by atoms with E-state index in [0.717, 1.165) is 35.7 Å². The minimum absolute atomic E-state index is 0.0380. The number of benzene rings is 1. The maximum Gasteiger partial charge on any atom is 0.307 e. The van der Waals surface area contributed by atoms with Crippen LogP contribution in [-0.4, -0.2) is 26.9 Å². The fraction of sp³-hybridized carbons (Fsp3) is 0.688. The molecule has 1 heterocycles. The minimum Gasteiger partial charge on any atom is -0.508 e. The molecule has 0 amide bonds. The number of aromatic hydroxyl groups is 1. The highest BCUT2D eigenvalue weighted by molar-refractivity contribution is 5.87. The van der Waals surface area contributed by atoms with E-state index in [-0.39, 0.29) is 24.4 Å². The van der Waals surface area contributed by atoms with E-state index >= 15 is 0 Å². The lowest BCUT2D eigenvalue weighted by Gasteiger charge is -2.11. The van der Waals surface area contributed by atoms with E-state index in [9.17, 15) is 19.8 Å². The second-order valence-corrected chi connectivity index (χ2v) is 10.9. The monoisotopic (exact) mass is 513 g/mol. The van der Waals surface area contributed by atoms with Gasteiger partial charge >= 0.3 is 5.97 Å². The molecule has 1 unspecified atom stereocenters. The number of carboxylic acids is 1. The molecule has 0 saturated heterocycles. The van der Waals surface area contributed by atoms with E-state index in [1.165, 1.54) is 89.9 Å². The molecule has 1 aromatic heterocycles. The van der Waals surface area contributed by atoms with Crippen LogP contribution in [-0.2, 0) is 16.0 Å². The second-order valence-electron chi connectivity index (χ2n) is 10.9. The number of rotatable bonds is 23. The van der Waals surface area contributed by atoms with Crippen molar-refractivity contribution < 1.29 is 19.8 Å². The number of nitrogens with one attached hydrogen (secondary N) is 1. The van der Waals surface area contributed by atoms with Gasteiger partial charge in [-0.05, 0) is 36.6 Å². The molecule has 0 radical (unpaired) electrons. The van der Waals surface area contributed by atoms with E-state index in [1.807, 2.05) is 0 Å². The number of phenolic OH excluding ortho intramolecular Hbond substituents is 1. The normalized spacial score (nSPS) is 12.2. The number of carbonyl (C=O) groups excluding carboxylic acids is 1. The number of hydrogen-bond acceptors (Lipinski definition) is 3. The molecular weight excluding hydrogens is 462 g/mol. The molecule has 5 nitrogen and oxygen atoms in total. The lowest BCUT2D eigenvalue weighted by Crippen LogP contribution is -2.20. The summed E-state index contributed by atoms with van der Waals surface area (Å²) in [4.78, 5) is 27.3. The van der Waals surface area contributed by atoms with Crippen molar-refractivity contribution in [2.75, 3.05) is 0 Å². The zero-order valence-electron chi connectivity index (χ0n) is 23.2. The van der Waals surface area contributed by atoms with Crippen molar-refractivity contribution in [1.82, 2.24) is 4.98 Å². The first-order valence-electron chi connectivity index (χ1n) is 15.0. The largest absolute Gasteiger partial charge is 0.508 e.